The van der Waals surface area contributed by atoms with E-state index in [-0.39, 0.29) is 0 Å². The summed E-state index contributed by atoms with van der Waals surface area (Å²) in [6, 6.07) is 0. The van der Waals surface area contributed by atoms with Crippen LogP contribution in [-0.4, -0.2) is 6.41 Å². The highest BCUT2D eigenvalue weighted by Crippen LogP contribution is 2.27. The fourth-order valence-electron chi connectivity index (χ4n) is 1.13. The van der Waals surface area contributed by atoms with Gasteiger partial charge in [0.2, 0.25) is 0 Å². The van der Waals surface area contributed by atoms with Crippen molar-refractivity contribution in [2.75, 3.05) is 0 Å². The fraction of sp³-hybridized carbons (Fsp3) is 0.429. The quantitative estimate of drug-likeness (QED) is 0.540. The van der Waals surface area contributed by atoms with Crippen LogP contribution in [0.5, 0.6) is 0 Å². The van der Waals surface area contributed by atoms with Gasteiger partial charge in [0.1, 0.15) is 5.76 Å². The van der Waals surface area contributed by atoms with E-state index in [4.69, 9.17) is 15.2 Å². The number of rotatable bonds is 0. The van der Waals surface area contributed by atoms with E-state index in [1.54, 1.807) is 0 Å². The first kappa shape index (κ1) is 5.80. The third-order valence-electron chi connectivity index (χ3n) is 1.58. The van der Waals surface area contributed by atoms with Crippen LogP contribution in [0.3, 0.4) is 0 Å². The maximum atomic E-state index is 5.37. The smallest absolute Gasteiger partial charge is 0.299 e. The molecule has 1 aliphatic carbocycles. The van der Waals surface area contributed by atoms with Gasteiger partial charge in [-0.25, -0.2) is 0 Å². The first-order chi connectivity index (χ1) is 4.86. The van der Waals surface area contributed by atoms with Crippen LogP contribution in [-0.2, 0) is 9.47 Å². The lowest BCUT2D eigenvalue weighted by atomic mass is 10.1. The van der Waals surface area contributed by atoms with Crippen LogP contribution in [0, 0.1) is 0 Å². The van der Waals surface area contributed by atoms with Crippen molar-refractivity contribution in [3.05, 3.63) is 23.7 Å². The second-order valence-electron chi connectivity index (χ2n) is 2.33. The first-order valence-corrected chi connectivity index (χ1v) is 3.35. The summed E-state index contributed by atoms with van der Waals surface area (Å²) < 4.78 is 10.3. The predicted octanol–water partition coefficient (Wildman–Crippen LogP) is 0.837. The van der Waals surface area contributed by atoms with Gasteiger partial charge in [0, 0.05) is 6.42 Å². The Balaban J connectivity index is 2.21. The molecule has 0 aromatic carbocycles. The summed E-state index contributed by atoms with van der Waals surface area (Å²) in [6.07, 6.45) is 5.33. The van der Waals surface area contributed by atoms with Gasteiger partial charge in [-0.05, 0) is 12.5 Å². The average molecular weight is 139 g/mol. The van der Waals surface area contributed by atoms with Crippen molar-refractivity contribution in [1.82, 2.24) is 0 Å². The molecule has 0 aromatic heterocycles. The van der Waals surface area contributed by atoms with Gasteiger partial charge in [-0.2, -0.15) is 0 Å². The Bertz CT molecular complexity index is 208. The van der Waals surface area contributed by atoms with Crippen molar-refractivity contribution < 1.29 is 9.47 Å². The molecular weight excluding hydrogens is 130 g/mol. The zero-order valence-corrected chi connectivity index (χ0v) is 5.54. The summed E-state index contributed by atoms with van der Waals surface area (Å²) in [5, 5.41) is 0. The van der Waals surface area contributed by atoms with Gasteiger partial charge in [0.15, 0.2) is 5.76 Å². The maximum absolute atomic E-state index is 5.37. The number of ether oxygens (including phenoxy) is 2. The van der Waals surface area contributed by atoms with Gasteiger partial charge in [0.05, 0.1) is 0 Å². The molecule has 0 fully saturated rings. The summed E-state index contributed by atoms with van der Waals surface area (Å²) in [7, 11) is 0. The summed E-state index contributed by atoms with van der Waals surface area (Å²) in [6.45, 7) is 0. The standard InChI is InChI=1S/C7H9NO2/c8-7-9-5-3-1-2-4-6(5)10-7/h1,3,7H,2,4,8H2. The Hall–Kier alpha value is -0.960. The second kappa shape index (κ2) is 2.02. The first-order valence-electron chi connectivity index (χ1n) is 3.35. The van der Waals surface area contributed by atoms with Crippen LogP contribution in [0.25, 0.3) is 0 Å². The fourth-order valence-corrected chi connectivity index (χ4v) is 1.13. The van der Waals surface area contributed by atoms with E-state index < -0.39 is 6.41 Å². The van der Waals surface area contributed by atoms with E-state index in [1.807, 2.05) is 6.08 Å². The average Bonchev–Trinajstić information content (AvgIpc) is 2.27. The van der Waals surface area contributed by atoms with E-state index in [0.29, 0.717) is 0 Å². The molecule has 0 spiro atoms. The van der Waals surface area contributed by atoms with Gasteiger partial charge >= 0.3 is 0 Å². The zero-order chi connectivity index (χ0) is 6.97. The highest BCUT2D eigenvalue weighted by atomic mass is 16.7. The summed E-state index contributed by atoms with van der Waals surface area (Å²) in [4.78, 5) is 0. The van der Waals surface area contributed by atoms with Gasteiger partial charge in [-0.15, -0.1) is 0 Å². The van der Waals surface area contributed by atoms with Crippen LogP contribution >= 0.6 is 0 Å². The molecule has 0 saturated carbocycles. The van der Waals surface area contributed by atoms with Crippen LogP contribution < -0.4 is 5.73 Å². The molecule has 0 aromatic rings. The number of allylic oxidation sites excluding steroid dienone is 3. The van der Waals surface area contributed by atoms with Gasteiger partial charge < -0.3 is 9.47 Å². The van der Waals surface area contributed by atoms with E-state index >= 15 is 0 Å². The van der Waals surface area contributed by atoms with E-state index in [9.17, 15) is 0 Å². The molecule has 54 valence electrons. The van der Waals surface area contributed by atoms with Gasteiger partial charge in [-0.1, -0.05) is 6.08 Å². The normalized spacial score (nSPS) is 29.5. The van der Waals surface area contributed by atoms with Crippen molar-refractivity contribution in [1.29, 1.82) is 0 Å². The Labute approximate surface area is 59.1 Å². The molecule has 0 bridgehead atoms. The van der Waals surface area contributed by atoms with Crippen molar-refractivity contribution in [2.24, 2.45) is 5.73 Å². The lowest BCUT2D eigenvalue weighted by molar-refractivity contribution is -0.0314. The monoisotopic (exact) mass is 139 g/mol. The van der Waals surface area contributed by atoms with Crippen LogP contribution in [0.15, 0.2) is 23.7 Å². The number of hydrogen-bond donors (Lipinski definition) is 1. The Morgan fingerprint density at radius 2 is 2.40 bits per heavy atom. The lowest BCUT2D eigenvalue weighted by Crippen LogP contribution is -2.20. The Morgan fingerprint density at radius 3 is 3.20 bits per heavy atom. The molecular formula is C7H9NO2. The minimum atomic E-state index is -0.576. The maximum Gasteiger partial charge on any atom is 0.299 e. The highest BCUT2D eigenvalue weighted by Gasteiger charge is 2.23. The summed E-state index contributed by atoms with van der Waals surface area (Å²) >= 11 is 0. The summed E-state index contributed by atoms with van der Waals surface area (Å²) in [5.74, 6) is 1.70. The predicted molar refractivity (Wildman–Crippen MR) is 35.5 cm³/mol. The van der Waals surface area contributed by atoms with Crippen molar-refractivity contribution in [3.8, 4) is 0 Å². The summed E-state index contributed by atoms with van der Waals surface area (Å²) in [5.41, 5.74) is 5.37. The van der Waals surface area contributed by atoms with Crippen molar-refractivity contribution >= 4 is 0 Å². The molecule has 0 saturated heterocycles. The van der Waals surface area contributed by atoms with Crippen LogP contribution in [0.1, 0.15) is 12.8 Å². The zero-order valence-electron chi connectivity index (χ0n) is 5.54. The van der Waals surface area contributed by atoms with E-state index in [1.165, 1.54) is 0 Å². The topological polar surface area (TPSA) is 44.5 Å². The molecule has 0 radical (unpaired) electrons. The molecule has 2 rings (SSSR count). The SMILES string of the molecule is NC1OC2=C(CCC=C2)O1. The molecule has 10 heavy (non-hydrogen) atoms. The molecule has 1 aliphatic heterocycles. The second-order valence-corrected chi connectivity index (χ2v) is 2.33. The van der Waals surface area contributed by atoms with E-state index in [0.717, 1.165) is 24.4 Å². The molecule has 0 amide bonds. The molecule has 1 unspecified atom stereocenters. The van der Waals surface area contributed by atoms with Crippen LogP contribution in [0.4, 0.5) is 0 Å². The van der Waals surface area contributed by atoms with E-state index in [2.05, 4.69) is 6.08 Å². The minimum Gasteiger partial charge on any atom is -0.443 e. The molecule has 2 N–H and O–H groups in total. The van der Waals surface area contributed by atoms with Crippen molar-refractivity contribution in [3.63, 3.8) is 0 Å². The van der Waals surface area contributed by atoms with Crippen molar-refractivity contribution in [2.45, 2.75) is 19.3 Å². The Kier molecular flexibility index (Phi) is 1.17. The minimum absolute atomic E-state index is 0.576. The molecule has 1 atom stereocenters. The van der Waals surface area contributed by atoms with Crippen LogP contribution in [0.2, 0.25) is 0 Å². The number of nitrogens with two attached hydrogens (primary N) is 1. The lowest BCUT2D eigenvalue weighted by Gasteiger charge is -2.03. The molecule has 3 heteroatoms. The molecule has 2 aliphatic rings. The Morgan fingerprint density at radius 1 is 1.50 bits per heavy atom. The molecule has 3 nitrogen and oxygen atoms in total. The molecule has 1 heterocycles. The number of hydrogen-bond acceptors (Lipinski definition) is 3. The third kappa shape index (κ3) is 0.789. The third-order valence-corrected chi connectivity index (χ3v) is 1.58. The van der Waals surface area contributed by atoms with Gasteiger partial charge in [0.25, 0.3) is 6.41 Å². The van der Waals surface area contributed by atoms with Gasteiger partial charge in [-0.3, -0.25) is 5.73 Å². The largest absolute Gasteiger partial charge is 0.443 e. The highest BCUT2D eigenvalue weighted by molar-refractivity contribution is 5.22.